The second-order valence-electron chi connectivity index (χ2n) is 5.83. The van der Waals surface area contributed by atoms with Gasteiger partial charge in [-0.25, -0.2) is 0 Å². The van der Waals surface area contributed by atoms with Gasteiger partial charge in [-0.15, -0.1) is 11.8 Å². The van der Waals surface area contributed by atoms with Gasteiger partial charge < -0.3 is 14.0 Å². The number of aryl methyl sites for hydroxylation is 1. The first-order valence-corrected chi connectivity index (χ1v) is 11.0. The number of aromatic nitrogens is 1. The molecule has 0 aliphatic carbocycles. The van der Waals surface area contributed by atoms with Crippen LogP contribution in [-0.4, -0.2) is 30.4 Å². The van der Waals surface area contributed by atoms with Crippen LogP contribution in [0.25, 0.3) is 10.2 Å². The normalized spacial score (nSPS) is 11.8. The standard InChI is InChI=1S/C20H21ClN2O3S2/c1-4-23-18-15(25-2)9-10-16(26-3)19(18)28-20(23)22-17(24)11-12-27-14-7-5-13(21)6-8-14/h5-10H,4,11-12H2,1-3H3. The molecule has 0 atom stereocenters. The summed E-state index contributed by atoms with van der Waals surface area (Å²) in [4.78, 5) is 18.5. The summed E-state index contributed by atoms with van der Waals surface area (Å²) in [5.74, 6) is 2.00. The molecule has 0 N–H and O–H groups in total. The van der Waals surface area contributed by atoms with Crippen molar-refractivity contribution in [3.8, 4) is 11.5 Å². The fourth-order valence-corrected chi connectivity index (χ4v) is 4.97. The third-order valence-corrected chi connectivity index (χ3v) is 6.49. The molecule has 0 bridgehead atoms. The molecule has 5 nitrogen and oxygen atoms in total. The van der Waals surface area contributed by atoms with Crippen molar-refractivity contribution < 1.29 is 14.3 Å². The quantitative estimate of drug-likeness (QED) is 0.489. The number of hydrogen-bond acceptors (Lipinski definition) is 5. The molecule has 1 heterocycles. The number of hydrogen-bond donors (Lipinski definition) is 0. The summed E-state index contributed by atoms with van der Waals surface area (Å²) >= 11 is 8.94. The monoisotopic (exact) mass is 436 g/mol. The maximum absolute atomic E-state index is 12.4. The fraction of sp³-hybridized carbons (Fsp3) is 0.300. The summed E-state index contributed by atoms with van der Waals surface area (Å²) in [6.07, 6.45) is 0.361. The first-order valence-electron chi connectivity index (χ1n) is 8.77. The largest absolute Gasteiger partial charge is 0.495 e. The lowest BCUT2D eigenvalue weighted by Gasteiger charge is -2.08. The van der Waals surface area contributed by atoms with Crippen molar-refractivity contribution in [3.05, 3.63) is 46.2 Å². The Balaban J connectivity index is 1.84. The van der Waals surface area contributed by atoms with Gasteiger partial charge in [0.2, 0.25) is 5.91 Å². The minimum Gasteiger partial charge on any atom is -0.495 e. The summed E-state index contributed by atoms with van der Waals surface area (Å²) in [5.41, 5.74) is 0.899. The van der Waals surface area contributed by atoms with Gasteiger partial charge in [0.05, 0.1) is 14.2 Å². The second-order valence-corrected chi connectivity index (χ2v) is 8.42. The van der Waals surface area contributed by atoms with Crippen molar-refractivity contribution in [1.29, 1.82) is 0 Å². The number of amides is 1. The molecule has 1 amide bonds. The van der Waals surface area contributed by atoms with Crippen LogP contribution in [0.15, 0.2) is 46.3 Å². The molecule has 28 heavy (non-hydrogen) atoms. The fourth-order valence-electron chi connectivity index (χ4n) is 2.78. The Labute approximate surface area is 177 Å². The number of thiazole rings is 1. The summed E-state index contributed by atoms with van der Waals surface area (Å²) in [6.45, 7) is 2.69. The lowest BCUT2D eigenvalue weighted by Crippen LogP contribution is -2.16. The SMILES string of the molecule is CCn1c(=NC(=O)CCSc2ccc(Cl)cc2)sc2c(OC)ccc(OC)c21. The Kier molecular flexibility index (Phi) is 7.04. The van der Waals surface area contributed by atoms with Gasteiger partial charge in [0.25, 0.3) is 0 Å². The first-order chi connectivity index (χ1) is 13.6. The second kappa shape index (κ2) is 9.49. The number of nitrogens with zero attached hydrogens (tertiary/aromatic N) is 2. The topological polar surface area (TPSA) is 52.8 Å². The van der Waals surface area contributed by atoms with Crippen molar-refractivity contribution in [2.75, 3.05) is 20.0 Å². The third kappa shape index (κ3) is 4.54. The molecular weight excluding hydrogens is 416 g/mol. The highest BCUT2D eigenvalue weighted by Crippen LogP contribution is 2.35. The van der Waals surface area contributed by atoms with Gasteiger partial charge in [0.15, 0.2) is 4.80 Å². The molecule has 3 rings (SSSR count). The molecule has 0 spiro atoms. The van der Waals surface area contributed by atoms with Crippen LogP contribution in [0.4, 0.5) is 0 Å². The molecular formula is C20H21ClN2O3S2. The molecule has 0 fully saturated rings. The molecule has 0 aliphatic heterocycles. The van der Waals surface area contributed by atoms with Crippen LogP contribution in [0.3, 0.4) is 0 Å². The molecule has 0 radical (unpaired) electrons. The average molecular weight is 437 g/mol. The van der Waals surface area contributed by atoms with Gasteiger partial charge in [0.1, 0.15) is 21.7 Å². The number of fused-ring (bicyclic) bond motifs is 1. The van der Waals surface area contributed by atoms with Crippen molar-refractivity contribution in [2.45, 2.75) is 24.8 Å². The predicted molar refractivity (Wildman–Crippen MR) is 116 cm³/mol. The number of halogens is 1. The first kappa shape index (κ1) is 20.8. The lowest BCUT2D eigenvalue weighted by molar-refractivity contribution is -0.117. The Bertz CT molecular complexity index is 1040. The zero-order chi connectivity index (χ0) is 20.1. The third-order valence-electron chi connectivity index (χ3n) is 4.13. The van der Waals surface area contributed by atoms with Gasteiger partial charge in [-0.1, -0.05) is 22.9 Å². The number of carbonyl (C=O) groups is 1. The molecule has 3 aromatic rings. The van der Waals surface area contributed by atoms with Crippen LogP contribution in [0.5, 0.6) is 11.5 Å². The molecule has 148 valence electrons. The van der Waals surface area contributed by atoms with Gasteiger partial charge >= 0.3 is 0 Å². The van der Waals surface area contributed by atoms with E-state index in [1.54, 1.807) is 26.0 Å². The molecule has 0 aliphatic rings. The Morgan fingerprint density at radius 1 is 1.14 bits per heavy atom. The number of carbonyl (C=O) groups excluding carboxylic acids is 1. The van der Waals surface area contributed by atoms with Crippen LogP contribution >= 0.6 is 34.7 Å². The zero-order valence-corrected chi connectivity index (χ0v) is 18.3. The molecule has 0 saturated heterocycles. The molecule has 2 aromatic carbocycles. The van der Waals surface area contributed by atoms with Gasteiger partial charge in [-0.3, -0.25) is 4.79 Å². The van der Waals surface area contributed by atoms with E-state index in [4.69, 9.17) is 21.1 Å². The Hall–Kier alpha value is -1.96. The molecule has 1 aromatic heterocycles. The summed E-state index contributed by atoms with van der Waals surface area (Å²) < 4.78 is 13.9. The van der Waals surface area contributed by atoms with Crippen molar-refractivity contribution in [1.82, 2.24) is 4.57 Å². The van der Waals surface area contributed by atoms with E-state index in [1.807, 2.05) is 47.9 Å². The molecule has 0 unspecified atom stereocenters. The van der Waals surface area contributed by atoms with Gasteiger partial charge in [-0.05, 0) is 43.3 Å². The predicted octanol–water partition coefficient (Wildman–Crippen LogP) is 5.00. The van der Waals surface area contributed by atoms with Crippen molar-refractivity contribution in [3.63, 3.8) is 0 Å². The molecule has 8 heteroatoms. The number of methoxy groups -OCH3 is 2. The number of rotatable bonds is 7. The minimum absolute atomic E-state index is 0.145. The maximum atomic E-state index is 12.4. The van der Waals surface area contributed by atoms with Crippen molar-refractivity contribution in [2.24, 2.45) is 4.99 Å². The highest BCUT2D eigenvalue weighted by Gasteiger charge is 2.15. The van der Waals surface area contributed by atoms with Crippen LogP contribution in [0.2, 0.25) is 5.02 Å². The van der Waals surface area contributed by atoms with E-state index in [2.05, 4.69) is 4.99 Å². The van der Waals surface area contributed by atoms with Gasteiger partial charge in [0, 0.05) is 28.6 Å². The van der Waals surface area contributed by atoms with Gasteiger partial charge in [-0.2, -0.15) is 4.99 Å². The molecule has 0 saturated carbocycles. The van der Waals surface area contributed by atoms with Crippen LogP contribution < -0.4 is 14.3 Å². The summed E-state index contributed by atoms with van der Waals surface area (Å²) in [5, 5.41) is 0.704. The van der Waals surface area contributed by atoms with E-state index in [0.717, 1.165) is 26.6 Å². The van der Waals surface area contributed by atoms with Crippen LogP contribution in [0.1, 0.15) is 13.3 Å². The minimum atomic E-state index is -0.145. The van der Waals surface area contributed by atoms with Crippen molar-refractivity contribution >= 4 is 50.8 Å². The lowest BCUT2D eigenvalue weighted by atomic mass is 10.3. The average Bonchev–Trinajstić information content (AvgIpc) is 3.06. The number of ether oxygens (including phenoxy) is 2. The summed E-state index contributed by atoms with van der Waals surface area (Å²) in [7, 11) is 3.27. The smallest absolute Gasteiger partial charge is 0.249 e. The van der Waals surface area contributed by atoms with E-state index >= 15 is 0 Å². The number of benzene rings is 2. The Morgan fingerprint density at radius 2 is 1.82 bits per heavy atom. The highest BCUT2D eigenvalue weighted by atomic mass is 35.5. The van der Waals surface area contributed by atoms with E-state index in [9.17, 15) is 4.79 Å². The van der Waals surface area contributed by atoms with E-state index in [0.29, 0.717) is 28.5 Å². The summed E-state index contributed by atoms with van der Waals surface area (Å²) in [6, 6.07) is 11.3. The van der Waals surface area contributed by atoms with Crippen LogP contribution in [-0.2, 0) is 11.3 Å². The van der Waals surface area contributed by atoms with E-state index in [1.165, 1.54) is 11.3 Å². The Morgan fingerprint density at radius 3 is 2.46 bits per heavy atom. The van der Waals surface area contributed by atoms with Crippen LogP contribution in [0, 0.1) is 0 Å². The number of thioether (sulfide) groups is 1. The maximum Gasteiger partial charge on any atom is 0.249 e. The zero-order valence-electron chi connectivity index (χ0n) is 15.9. The van der Waals surface area contributed by atoms with E-state index in [-0.39, 0.29) is 5.91 Å². The highest BCUT2D eigenvalue weighted by molar-refractivity contribution is 7.99. The van der Waals surface area contributed by atoms with E-state index < -0.39 is 0 Å².